The largest absolute Gasteiger partial charge is 0.493 e. The molecule has 0 aliphatic carbocycles. The van der Waals surface area contributed by atoms with Crippen molar-refractivity contribution in [3.8, 4) is 5.75 Å². The zero-order valence-electron chi connectivity index (χ0n) is 9.50. The van der Waals surface area contributed by atoms with Crippen LogP contribution in [0.2, 0.25) is 0 Å². The van der Waals surface area contributed by atoms with Crippen LogP contribution in [0.1, 0.15) is 11.1 Å². The smallest absolute Gasteiger partial charge is 0.171 e. The van der Waals surface area contributed by atoms with E-state index in [1.165, 1.54) is 14.2 Å². The molecule has 0 saturated carbocycles. The van der Waals surface area contributed by atoms with Crippen LogP contribution in [0.3, 0.4) is 0 Å². The number of hydrogen-bond acceptors (Lipinski definition) is 3. The van der Waals surface area contributed by atoms with E-state index in [4.69, 9.17) is 15.2 Å². The Hall–Kier alpha value is -1.39. The second-order valence-corrected chi connectivity index (χ2v) is 3.23. The third-order valence-electron chi connectivity index (χ3n) is 2.15. The van der Waals surface area contributed by atoms with Crippen molar-refractivity contribution in [2.75, 3.05) is 20.8 Å². The van der Waals surface area contributed by atoms with Gasteiger partial charge in [0.15, 0.2) is 11.6 Å². The number of benzene rings is 1. The number of hydrogen-bond donors (Lipinski definition) is 1. The Bertz CT molecular complexity index is 378. The van der Waals surface area contributed by atoms with Gasteiger partial charge in [0.25, 0.3) is 0 Å². The number of halogens is 1. The van der Waals surface area contributed by atoms with Crippen LogP contribution in [-0.4, -0.2) is 20.8 Å². The molecule has 4 heteroatoms. The first-order chi connectivity index (χ1) is 7.74. The van der Waals surface area contributed by atoms with Crippen LogP contribution in [0.25, 0.3) is 6.08 Å². The minimum Gasteiger partial charge on any atom is -0.493 e. The Balaban J connectivity index is 3.13. The molecule has 1 aromatic rings. The molecule has 0 aliphatic rings. The summed E-state index contributed by atoms with van der Waals surface area (Å²) in [6.45, 7) is 0.633. The van der Waals surface area contributed by atoms with Gasteiger partial charge in [0, 0.05) is 24.8 Å². The minimum absolute atomic E-state index is 0.222. The summed E-state index contributed by atoms with van der Waals surface area (Å²) >= 11 is 0. The summed E-state index contributed by atoms with van der Waals surface area (Å²) < 4.78 is 23.8. The maximum absolute atomic E-state index is 13.9. The molecule has 1 rings (SSSR count). The number of rotatable bonds is 5. The third kappa shape index (κ3) is 2.81. The fourth-order valence-corrected chi connectivity index (χ4v) is 1.41. The van der Waals surface area contributed by atoms with Gasteiger partial charge in [-0.1, -0.05) is 24.3 Å². The van der Waals surface area contributed by atoms with E-state index in [1.807, 2.05) is 0 Å². The molecule has 3 nitrogen and oxygen atoms in total. The van der Waals surface area contributed by atoms with Crippen LogP contribution in [0, 0.1) is 5.82 Å². The van der Waals surface area contributed by atoms with Gasteiger partial charge in [-0.2, -0.15) is 0 Å². The molecule has 1 aromatic carbocycles. The van der Waals surface area contributed by atoms with Crippen molar-refractivity contribution in [2.45, 2.75) is 6.61 Å². The van der Waals surface area contributed by atoms with Crippen LogP contribution in [-0.2, 0) is 11.3 Å². The number of methoxy groups -OCH3 is 2. The number of nitrogens with two attached hydrogens (primary N) is 1. The van der Waals surface area contributed by atoms with Gasteiger partial charge in [-0.15, -0.1) is 0 Å². The molecule has 2 N–H and O–H groups in total. The normalized spacial score (nSPS) is 11.0. The molecule has 0 amide bonds. The molecule has 0 atom stereocenters. The highest BCUT2D eigenvalue weighted by atomic mass is 19.1. The minimum atomic E-state index is -0.386. The van der Waals surface area contributed by atoms with Gasteiger partial charge >= 0.3 is 0 Å². The van der Waals surface area contributed by atoms with Crippen molar-refractivity contribution >= 4 is 6.08 Å². The van der Waals surface area contributed by atoms with Crippen molar-refractivity contribution < 1.29 is 13.9 Å². The van der Waals surface area contributed by atoms with Crippen LogP contribution < -0.4 is 10.5 Å². The third-order valence-corrected chi connectivity index (χ3v) is 2.15. The Morgan fingerprint density at radius 1 is 1.38 bits per heavy atom. The van der Waals surface area contributed by atoms with Crippen molar-refractivity contribution in [1.29, 1.82) is 0 Å². The quantitative estimate of drug-likeness (QED) is 0.833. The molecular formula is C12H16FNO2. The van der Waals surface area contributed by atoms with Gasteiger partial charge < -0.3 is 15.2 Å². The van der Waals surface area contributed by atoms with Crippen molar-refractivity contribution in [2.24, 2.45) is 5.73 Å². The Morgan fingerprint density at radius 3 is 2.69 bits per heavy atom. The average Bonchev–Trinajstić information content (AvgIpc) is 2.30. The Morgan fingerprint density at radius 2 is 2.12 bits per heavy atom. The van der Waals surface area contributed by atoms with E-state index in [0.29, 0.717) is 17.7 Å². The van der Waals surface area contributed by atoms with E-state index in [2.05, 4.69) is 0 Å². The summed E-state index contributed by atoms with van der Waals surface area (Å²) in [6, 6.07) is 3.46. The molecule has 0 fully saturated rings. The van der Waals surface area contributed by atoms with Crippen LogP contribution in [0.15, 0.2) is 18.2 Å². The van der Waals surface area contributed by atoms with E-state index in [9.17, 15) is 4.39 Å². The molecule has 0 aromatic heterocycles. The molecule has 16 heavy (non-hydrogen) atoms. The molecule has 0 spiro atoms. The first-order valence-electron chi connectivity index (χ1n) is 4.95. The topological polar surface area (TPSA) is 44.5 Å². The first-order valence-corrected chi connectivity index (χ1v) is 4.95. The van der Waals surface area contributed by atoms with Gasteiger partial charge in [0.1, 0.15) is 0 Å². The van der Waals surface area contributed by atoms with Gasteiger partial charge in [-0.3, -0.25) is 0 Å². The SMILES string of the molecule is COCc1ccc(/C=C/CN)c(OC)c1F. The van der Waals surface area contributed by atoms with Crippen molar-refractivity contribution in [3.63, 3.8) is 0 Å². The first kappa shape index (κ1) is 12.7. The average molecular weight is 225 g/mol. The van der Waals surface area contributed by atoms with E-state index < -0.39 is 0 Å². The van der Waals surface area contributed by atoms with Crippen LogP contribution in [0.4, 0.5) is 4.39 Å². The highest BCUT2D eigenvalue weighted by molar-refractivity contribution is 5.59. The maximum Gasteiger partial charge on any atom is 0.171 e. The Labute approximate surface area is 94.7 Å². The standard InChI is InChI=1S/C12H16FNO2/c1-15-8-10-6-5-9(4-3-7-14)12(16-2)11(10)13/h3-6H,7-8,14H2,1-2H3/b4-3+. The lowest BCUT2D eigenvalue weighted by molar-refractivity contribution is 0.180. The molecule has 0 radical (unpaired) electrons. The molecule has 0 unspecified atom stereocenters. The van der Waals surface area contributed by atoms with Gasteiger partial charge in [0.05, 0.1) is 13.7 Å². The monoisotopic (exact) mass is 225 g/mol. The van der Waals surface area contributed by atoms with Crippen LogP contribution >= 0.6 is 0 Å². The highest BCUT2D eigenvalue weighted by Gasteiger charge is 2.12. The molecule has 88 valence electrons. The van der Waals surface area contributed by atoms with Gasteiger partial charge in [-0.25, -0.2) is 4.39 Å². The second kappa shape index (κ2) is 6.25. The molecular weight excluding hydrogens is 209 g/mol. The fourth-order valence-electron chi connectivity index (χ4n) is 1.41. The predicted octanol–water partition coefficient (Wildman–Crippen LogP) is 1.95. The lowest BCUT2D eigenvalue weighted by atomic mass is 10.1. The van der Waals surface area contributed by atoms with E-state index in [-0.39, 0.29) is 18.2 Å². The number of ether oxygens (including phenoxy) is 2. The summed E-state index contributed by atoms with van der Waals surface area (Å²) in [4.78, 5) is 0. The van der Waals surface area contributed by atoms with E-state index >= 15 is 0 Å². The maximum atomic E-state index is 13.9. The lowest BCUT2D eigenvalue weighted by Gasteiger charge is -2.10. The molecule has 0 heterocycles. The summed E-state index contributed by atoms with van der Waals surface area (Å²) in [6.07, 6.45) is 3.48. The van der Waals surface area contributed by atoms with Crippen molar-refractivity contribution in [3.05, 3.63) is 35.2 Å². The summed E-state index contributed by atoms with van der Waals surface area (Å²) in [7, 11) is 2.96. The van der Waals surface area contributed by atoms with Crippen LogP contribution in [0.5, 0.6) is 5.75 Å². The molecule has 0 aliphatic heterocycles. The zero-order chi connectivity index (χ0) is 12.0. The zero-order valence-corrected chi connectivity index (χ0v) is 9.50. The summed E-state index contributed by atoms with van der Waals surface area (Å²) in [5.41, 5.74) is 6.49. The van der Waals surface area contributed by atoms with Crippen molar-refractivity contribution in [1.82, 2.24) is 0 Å². The lowest BCUT2D eigenvalue weighted by Crippen LogP contribution is -1.99. The van der Waals surface area contributed by atoms with E-state index in [1.54, 1.807) is 24.3 Å². The Kier molecular flexibility index (Phi) is 4.95. The fraction of sp³-hybridized carbons (Fsp3) is 0.333. The second-order valence-electron chi connectivity index (χ2n) is 3.23. The van der Waals surface area contributed by atoms with Gasteiger partial charge in [-0.05, 0) is 0 Å². The molecule has 0 bridgehead atoms. The summed E-state index contributed by atoms with van der Waals surface area (Å²) in [5, 5.41) is 0. The molecule has 0 saturated heterocycles. The van der Waals surface area contributed by atoms with Gasteiger partial charge in [0.2, 0.25) is 0 Å². The van der Waals surface area contributed by atoms with E-state index in [0.717, 1.165) is 0 Å². The predicted molar refractivity (Wildman–Crippen MR) is 61.8 cm³/mol. The summed E-state index contributed by atoms with van der Waals surface area (Å²) in [5.74, 6) is -0.164. The highest BCUT2D eigenvalue weighted by Crippen LogP contribution is 2.27.